The number of rotatable bonds is 2. The highest BCUT2D eigenvalue weighted by Gasteiger charge is 2.29. The van der Waals surface area contributed by atoms with Gasteiger partial charge in [-0.2, -0.15) is 5.26 Å². The van der Waals surface area contributed by atoms with Crippen LogP contribution in [0.1, 0.15) is 18.9 Å². The summed E-state index contributed by atoms with van der Waals surface area (Å²) in [4.78, 5) is 16.4. The molecule has 0 aliphatic carbocycles. The van der Waals surface area contributed by atoms with Gasteiger partial charge >= 0.3 is 6.03 Å². The van der Waals surface area contributed by atoms with Crippen molar-refractivity contribution in [3.63, 3.8) is 0 Å². The van der Waals surface area contributed by atoms with Gasteiger partial charge in [0.1, 0.15) is 0 Å². The Morgan fingerprint density at radius 1 is 1.52 bits per heavy atom. The summed E-state index contributed by atoms with van der Waals surface area (Å²) in [7, 11) is 3.95. The third-order valence-electron chi connectivity index (χ3n) is 4.12. The number of likely N-dealkylation sites (tertiary alicyclic amines) is 1. The minimum Gasteiger partial charge on any atom is -0.324 e. The maximum atomic E-state index is 12.4. The van der Waals surface area contributed by atoms with Crippen LogP contribution in [0.3, 0.4) is 0 Å². The van der Waals surface area contributed by atoms with Crippen molar-refractivity contribution in [3.8, 4) is 6.07 Å². The first-order valence-electron chi connectivity index (χ1n) is 7.23. The molecule has 0 aromatic heterocycles. The number of nitriles is 1. The summed E-state index contributed by atoms with van der Waals surface area (Å²) in [6, 6.07) is 9.18. The number of amides is 2. The number of urea groups is 1. The number of hydrogen-bond acceptors (Lipinski definition) is 3. The van der Waals surface area contributed by atoms with E-state index in [9.17, 15) is 4.79 Å². The van der Waals surface area contributed by atoms with Gasteiger partial charge in [0.2, 0.25) is 0 Å². The molecule has 1 aliphatic heterocycles. The molecule has 21 heavy (non-hydrogen) atoms. The van der Waals surface area contributed by atoms with Crippen LogP contribution >= 0.6 is 0 Å². The second-order valence-corrected chi connectivity index (χ2v) is 5.83. The van der Waals surface area contributed by atoms with E-state index < -0.39 is 0 Å². The zero-order valence-electron chi connectivity index (χ0n) is 12.8. The van der Waals surface area contributed by atoms with Crippen LogP contribution < -0.4 is 5.32 Å². The van der Waals surface area contributed by atoms with Crippen LogP contribution in [0.4, 0.5) is 10.5 Å². The second-order valence-electron chi connectivity index (χ2n) is 5.83. The van der Waals surface area contributed by atoms with Crippen LogP contribution in [-0.4, -0.2) is 49.1 Å². The molecule has 0 radical (unpaired) electrons. The van der Waals surface area contributed by atoms with Crippen molar-refractivity contribution in [1.82, 2.24) is 9.80 Å². The number of nitrogens with zero attached hydrogens (tertiary/aromatic N) is 3. The molecule has 5 heteroatoms. The van der Waals surface area contributed by atoms with Crippen LogP contribution in [-0.2, 0) is 0 Å². The number of benzene rings is 1. The molecule has 1 fully saturated rings. The Morgan fingerprint density at radius 3 is 2.95 bits per heavy atom. The molecule has 1 heterocycles. The number of carbonyl (C=O) groups is 1. The molecule has 1 saturated heterocycles. The third-order valence-corrected chi connectivity index (χ3v) is 4.12. The molecule has 1 aromatic carbocycles. The van der Waals surface area contributed by atoms with Crippen molar-refractivity contribution in [2.45, 2.75) is 19.4 Å². The van der Waals surface area contributed by atoms with E-state index in [0.717, 1.165) is 19.5 Å². The molecule has 0 unspecified atom stereocenters. The van der Waals surface area contributed by atoms with Gasteiger partial charge in [-0.25, -0.2) is 4.79 Å². The zero-order chi connectivity index (χ0) is 15.4. The van der Waals surface area contributed by atoms with Gasteiger partial charge < -0.3 is 15.1 Å². The maximum absolute atomic E-state index is 12.4. The Bertz CT molecular complexity index is 551. The first-order valence-corrected chi connectivity index (χ1v) is 7.23. The monoisotopic (exact) mass is 286 g/mol. The van der Waals surface area contributed by atoms with Crippen molar-refractivity contribution in [1.29, 1.82) is 5.26 Å². The molecular weight excluding hydrogens is 264 g/mol. The van der Waals surface area contributed by atoms with Gasteiger partial charge in [-0.05, 0) is 44.1 Å². The lowest BCUT2D eigenvalue weighted by atomic mass is 9.93. The Morgan fingerprint density at radius 2 is 2.29 bits per heavy atom. The summed E-state index contributed by atoms with van der Waals surface area (Å²) >= 11 is 0. The first kappa shape index (κ1) is 15.3. The van der Waals surface area contributed by atoms with E-state index in [1.54, 1.807) is 29.2 Å². The number of hydrogen-bond donors (Lipinski definition) is 1. The highest BCUT2D eigenvalue weighted by molar-refractivity contribution is 5.89. The predicted molar refractivity (Wildman–Crippen MR) is 83.0 cm³/mol. The quantitative estimate of drug-likeness (QED) is 0.908. The molecule has 0 spiro atoms. The summed E-state index contributed by atoms with van der Waals surface area (Å²) in [6.07, 6.45) is 0.986. The predicted octanol–water partition coefficient (Wildman–Crippen LogP) is 2.36. The number of nitrogens with one attached hydrogen (secondary N) is 1. The number of anilines is 1. The molecule has 2 atom stereocenters. The number of carbonyl (C=O) groups excluding carboxylic acids is 1. The summed E-state index contributed by atoms with van der Waals surface area (Å²) in [5.74, 6) is 0.449. The van der Waals surface area contributed by atoms with E-state index in [0.29, 0.717) is 17.2 Å². The Labute approximate surface area is 126 Å². The highest BCUT2D eigenvalue weighted by Crippen LogP contribution is 2.21. The molecule has 5 nitrogen and oxygen atoms in total. The van der Waals surface area contributed by atoms with Crippen LogP contribution in [0.2, 0.25) is 0 Å². The molecule has 0 bridgehead atoms. The lowest BCUT2D eigenvalue weighted by Crippen LogP contribution is -2.50. The SMILES string of the molecule is C[C@H]1CN(C)CC[C@@H]1N(C)C(=O)Nc1cccc(C#N)c1. The molecular formula is C16H22N4O. The molecule has 1 N–H and O–H groups in total. The minimum absolute atomic E-state index is 0.119. The lowest BCUT2D eigenvalue weighted by Gasteiger charge is -2.39. The molecule has 1 aliphatic rings. The van der Waals surface area contributed by atoms with Crippen LogP contribution in [0.5, 0.6) is 0 Å². The van der Waals surface area contributed by atoms with Gasteiger partial charge in [0.15, 0.2) is 0 Å². The minimum atomic E-state index is -0.119. The van der Waals surface area contributed by atoms with Crippen molar-refractivity contribution in [2.24, 2.45) is 5.92 Å². The van der Waals surface area contributed by atoms with Crippen molar-refractivity contribution in [2.75, 3.05) is 32.5 Å². The summed E-state index contributed by atoms with van der Waals surface area (Å²) in [6.45, 7) is 4.20. The number of piperidine rings is 1. The van der Waals surface area contributed by atoms with Gasteiger partial charge in [-0.15, -0.1) is 0 Å². The van der Waals surface area contributed by atoms with Crippen molar-refractivity contribution < 1.29 is 4.79 Å². The highest BCUT2D eigenvalue weighted by atomic mass is 16.2. The van der Waals surface area contributed by atoms with Gasteiger partial charge in [0.25, 0.3) is 0 Å². The van der Waals surface area contributed by atoms with Gasteiger partial charge in [-0.1, -0.05) is 13.0 Å². The van der Waals surface area contributed by atoms with Crippen molar-refractivity contribution in [3.05, 3.63) is 29.8 Å². The molecule has 112 valence electrons. The molecule has 2 amide bonds. The summed E-state index contributed by atoms with van der Waals surface area (Å²) in [5, 5.41) is 11.8. The molecule has 2 rings (SSSR count). The Balaban J connectivity index is 2.01. The zero-order valence-corrected chi connectivity index (χ0v) is 12.8. The van der Waals surface area contributed by atoms with E-state index in [1.165, 1.54) is 0 Å². The Kier molecular flexibility index (Phi) is 4.81. The average molecular weight is 286 g/mol. The Hall–Kier alpha value is -2.06. The average Bonchev–Trinajstić information content (AvgIpc) is 2.46. The fourth-order valence-corrected chi connectivity index (χ4v) is 2.95. The lowest BCUT2D eigenvalue weighted by molar-refractivity contribution is 0.113. The topological polar surface area (TPSA) is 59.4 Å². The summed E-state index contributed by atoms with van der Waals surface area (Å²) < 4.78 is 0. The fourth-order valence-electron chi connectivity index (χ4n) is 2.95. The van der Waals surface area contributed by atoms with E-state index >= 15 is 0 Å². The van der Waals surface area contributed by atoms with E-state index in [-0.39, 0.29) is 12.1 Å². The van der Waals surface area contributed by atoms with E-state index in [2.05, 4.69) is 30.3 Å². The van der Waals surface area contributed by atoms with Gasteiger partial charge in [0.05, 0.1) is 11.6 Å². The first-order chi connectivity index (χ1) is 10.0. The van der Waals surface area contributed by atoms with E-state index in [1.807, 2.05) is 7.05 Å². The van der Waals surface area contributed by atoms with Crippen LogP contribution in [0.25, 0.3) is 0 Å². The van der Waals surface area contributed by atoms with Crippen LogP contribution in [0.15, 0.2) is 24.3 Å². The largest absolute Gasteiger partial charge is 0.324 e. The fraction of sp³-hybridized carbons (Fsp3) is 0.500. The summed E-state index contributed by atoms with van der Waals surface area (Å²) in [5.41, 5.74) is 1.20. The standard InChI is InChI=1S/C16H22N4O/c1-12-11-19(2)8-7-15(12)20(3)16(21)18-14-6-4-5-13(9-14)10-17/h4-6,9,12,15H,7-8,11H2,1-3H3,(H,18,21)/t12-,15-/m0/s1. The maximum Gasteiger partial charge on any atom is 0.321 e. The van der Waals surface area contributed by atoms with Gasteiger partial charge in [0, 0.05) is 25.3 Å². The van der Waals surface area contributed by atoms with Crippen molar-refractivity contribution >= 4 is 11.7 Å². The second kappa shape index (κ2) is 6.59. The molecule has 1 aromatic rings. The normalized spacial score (nSPS) is 22.4. The molecule has 0 saturated carbocycles. The smallest absolute Gasteiger partial charge is 0.321 e. The van der Waals surface area contributed by atoms with E-state index in [4.69, 9.17) is 5.26 Å². The van der Waals surface area contributed by atoms with Crippen LogP contribution in [0, 0.1) is 17.2 Å². The van der Waals surface area contributed by atoms with Gasteiger partial charge in [-0.3, -0.25) is 0 Å². The third kappa shape index (κ3) is 3.73.